The van der Waals surface area contributed by atoms with Crippen LogP contribution in [-0.4, -0.2) is 96.7 Å². The highest BCUT2D eigenvalue weighted by molar-refractivity contribution is 7.47. The summed E-state index contributed by atoms with van der Waals surface area (Å²) in [6.45, 7) is 9.67. The molecule has 0 aromatic heterocycles. The van der Waals surface area contributed by atoms with E-state index in [1.807, 2.05) is 0 Å². The SMILES string of the molecule is CCCCCCCCCCCCCCCC(=O)O[C@H](COC(=O)CCCCCCCCCCCCC)COP(=O)(O)OC[C@H](O)COP(=O)(O)OC[C@@H](COC(=O)CCCCCCCCCCCCCCCC(C)C)OC(=O)CCCCCCCCCCCCCCCCCC(C)C. The zero-order valence-corrected chi connectivity index (χ0v) is 65.9. The zero-order chi connectivity index (χ0) is 72.1. The second-order valence-electron chi connectivity index (χ2n) is 29.4. The molecule has 98 heavy (non-hydrogen) atoms. The summed E-state index contributed by atoms with van der Waals surface area (Å²) < 4.78 is 68.7. The molecule has 0 aliphatic heterocycles. The van der Waals surface area contributed by atoms with E-state index in [2.05, 4.69) is 41.5 Å². The Hall–Kier alpha value is -1.94. The van der Waals surface area contributed by atoms with Crippen LogP contribution in [0.1, 0.15) is 414 Å². The van der Waals surface area contributed by atoms with Gasteiger partial charge in [0, 0.05) is 25.7 Å². The second kappa shape index (κ2) is 70.7. The number of phosphoric acid groups is 2. The number of ether oxygens (including phenoxy) is 4. The molecule has 17 nitrogen and oxygen atoms in total. The van der Waals surface area contributed by atoms with Gasteiger partial charge < -0.3 is 33.8 Å². The van der Waals surface area contributed by atoms with Crippen LogP contribution in [0.2, 0.25) is 0 Å². The predicted molar refractivity (Wildman–Crippen MR) is 400 cm³/mol. The molecule has 0 amide bonds. The first kappa shape index (κ1) is 96.1. The van der Waals surface area contributed by atoms with Crippen LogP contribution in [0.5, 0.6) is 0 Å². The summed E-state index contributed by atoms with van der Waals surface area (Å²) in [4.78, 5) is 73.0. The van der Waals surface area contributed by atoms with Gasteiger partial charge in [0.25, 0.3) is 0 Å². The number of carbonyl (C=O) groups is 4. The summed E-state index contributed by atoms with van der Waals surface area (Å²) >= 11 is 0. The minimum absolute atomic E-state index is 0.108. The molecule has 5 atom stereocenters. The van der Waals surface area contributed by atoms with Gasteiger partial charge in [-0.15, -0.1) is 0 Å². The average Bonchev–Trinajstić information content (AvgIpc) is 1.01. The molecule has 0 bridgehead atoms. The van der Waals surface area contributed by atoms with Crippen molar-refractivity contribution in [1.82, 2.24) is 0 Å². The Morgan fingerprint density at radius 1 is 0.276 bits per heavy atom. The third-order valence-electron chi connectivity index (χ3n) is 18.5. The van der Waals surface area contributed by atoms with E-state index in [4.69, 9.17) is 37.0 Å². The molecule has 2 unspecified atom stereocenters. The second-order valence-corrected chi connectivity index (χ2v) is 32.3. The molecule has 0 saturated carbocycles. The summed E-state index contributed by atoms with van der Waals surface area (Å²) in [6, 6.07) is 0. The molecule has 19 heteroatoms. The average molecular weight is 1440 g/mol. The Labute approximate surface area is 600 Å². The molecule has 0 aliphatic rings. The van der Waals surface area contributed by atoms with Crippen molar-refractivity contribution < 1.29 is 80.2 Å². The van der Waals surface area contributed by atoms with Gasteiger partial charge >= 0.3 is 39.5 Å². The van der Waals surface area contributed by atoms with E-state index in [0.717, 1.165) is 102 Å². The van der Waals surface area contributed by atoms with Crippen LogP contribution < -0.4 is 0 Å². The Bertz CT molecular complexity index is 1890. The molecular weight excluding hydrogens is 1280 g/mol. The van der Waals surface area contributed by atoms with Crippen LogP contribution in [0.15, 0.2) is 0 Å². The maximum absolute atomic E-state index is 13.1. The Morgan fingerprint density at radius 2 is 0.469 bits per heavy atom. The first-order valence-corrected chi connectivity index (χ1v) is 44.0. The van der Waals surface area contributed by atoms with E-state index in [0.29, 0.717) is 25.7 Å². The molecule has 0 radical (unpaired) electrons. The van der Waals surface area contributed by atoms with Crippen LogP contribution in [0.25, 0.3) is 0 Å². The first-order valence-electron chi connectivity index (χ1n) is 41.0. The van der Waals surface area contributed by atoms with Crippen molar-refractivity contribution in [3.05, 3.63) is 0 Å². The Balaban J connectivity index is 5.25. The molecule has 3 N–H and O–H groups in total. The smallest absolute Gasteiger partial charge is 0.462 e. The van der Waals surface area contributed by atoms with Crippen LogP contribution in [0.3, 0.4) is 0 Å². The quantitative estimate of drug-likeness (QED) is 0.0222. The lowest BCUT2D eigenvalue weighted by Crippen LogP contribution is -2.30. The van der Waals surface area contributed by atoms with Crippen LogP contribution >= 0.6 is 15.6 Å². The van der Waals surface area contributed by atoms with Crippen molar-refractivity contribution in [2.75, 3.05) is 39.6 Å². The molecule has 0 aromatic carbocycles. The zero-order valence-electron chi connectivity index (χ0n) is 64.1. The molecule has 582 valence electrons. The third kappa shape index (κ3) is 72.4. The standard InChI is InChI=1S/C79H154O17P2/c1-7-9-11-13-15-17-19-24-33-39-45-51-57-63-78(83)95-74(67-89-76(81)61-55-49-43-37-29-18-16-14-12-10-8-2)69-93-97(85,86)91-65-73(80)66-92-98(87,88)94-70-75(68-90-77(82)62-56-50-44-38-32-28-23-26-31-36-42-48-54-60-72(5)6)96-79(84)64-58-52-46-40-34-27-22-20-21-25-30-35-41-47-53-59-71(3)4/h71-75,80H,7-70H2,1-6H3,(H,85,86)(H,87,88)/t73-,74+,75+/m0/s1. The van der Waals surface area contributed by atoms with Crippen molar-refractivity contribution in [3.8, 4) is 0 Å². The number of unbranched alkanes of at least 4 members (excludes halogenated alkanes) is 48. The van der Waals surface area contributed by atoms with Crippen molar-refractivity contribution in [2.45, 2.75) is 432 Å². The topological polar surface area (TPSA) is 237 Å². The first-order chi connectivity index (χ1) is 47.4. The third-order valence-corrected chi connectivity index (χ3v) is 20.4. The Morgan fingerprint density at radius 3 is 0.694 bits per heavy atom. The molecule has 0 heterocycles. The highest BCUT2D eigenvalue weighted by Gasteiger charge is 2.30. The molecule has 0 spiro atoms. The van der Waals surface area contributed by atoms with E-state index < -0.39 is 97.5 Å². The molecule has 0 aromatic rings. The summed E-state index contributed by atoms with van der Waals surface area (Å²) in [5, 5.41) is 10.6. The van der Waals surface area contributed by atoms with Crippen LogP contribution in [0, 0.1) is 11.8 Å². The van der Waals surface area contributed by atoms with Gasteiger partial charge in [0.1, 0.15) is 19.3 Å². The van der Waals surface area contributed by atoms with E-state index in [1.165, 1.54) is 231 Å². The van der Waals surface area contributed by atoms with Crippen molar-refractivity contribution in [3.63, 3.8) is 0 Å². The highest BCUT2D eigenvalue weighted by Crippen LogP contribution is 2.45. The largest absolute Gasteiger partial charge is 0.472 e. The summed E-state index contributed by atoms with van der Waals surface area (Å²) in [6.07, 6.45) is 59.5. The fourth-order valence-electron chi connectivity index (χ4n) is 12.2. The van der Waals surface area contributed by atoms with Crippen LogP contribution in [0.4, 0.5) is 0 Å². The number of rotatable bonds is 78. The maximum Gasteiger partial charge on any atom is 0.472 e. The molecule has 0 aliphatic carbocycles. The van der Waals surface area contributed by atoms with Gasteiger partial charge in [0.15, 0.2) is 12.2 Å². The summed E-state index contributed by atoms with van der Waals surface area (Å²) in [7, 11) is -9.92. The number of aliphatic hydroxyl groups excluding tert-OH is 1. The van der Waals surface area contributed by atoms with E-state index >= 15 is 0 Å². The van der Waals surface area contributed by atoms with E-state index in [1.54, 1.807) is 0 Å². The highest BCUT2D eigenvalue weighted by atomic mass is 31.2. The number of hydrogen-bond donors (Lipinski definition) is 3. The molecule has 0 saturated heterocycles. The van der Waals surface area contributed by atoms with Gasteiger partial charge in [-0.3, -0.25) is 37.3 Å². The fourth-order valence-corrected chi connectivity index (χ4v) is 13.8. The van der Waals surface area contributed by atoms with Gasteiger partial charge in [0.05, 0.1) is 26.4 Å². The molecular formula is C79H154O17P2. The van der Waals surface area contributed by atoms with Gasteiger partial charge in [-0.1, -0.05) is 363 Å². The molecule has 0 fully saturated rings. The van der Waals surface area contributed by atoms with E-state index in [-0.39, 0.29) is 25.7 Å². The summed E-state index contributed by atoms with van der Waals surface area (Å²) in [5.74, 6) is -0.515. The predicted octanol–water partition coefficient (Wildman–Crippen LogP) is 23.5. The van der Waals surface area contributed by atoms with Crippen LogP contribution in [-0.2, 0) is 65.4 Å². The van der Waals surface area contributed by atoms with Crippen molar-refractivity contribution in [1.29, 1.82) is 0 Å². The van der Waals surface area contributed by atoms with Gasteiger partial charge in [-0.25, -0.2) is 9.13 Å². The number of carbonyl (C=O) groups excluding carboxylic acids is 4. The normalized spacial score (nSPS) is 13.9. The monoisotopic (exact) mass is 1440 g/mol. The fraction of sp³-hybridized carbons (Fsp3) is 0.949. The van der Waals surface area contributed by atoms with Crippen molar-refractivity contribution in [2.24, 2.45) is 11.8 Å². The number of hydrogen-bond acceptors (Lipinski definition) is 15. The number of esters is 4. The minimum atomic E-state index is -4.96. The van der Waals surface area contributed by atoms with Gasteiger partial charge in [0.2, 0.25) is 0 Å². The molecule has 0 rings (SSSR count). The number of phosphoric ester groups is 2. The lowest BCUT2D eigenvalue weighted by molar-refractivity contribution is -0.161. The summed E-state index contributed by atoms with van der Waals surface area (Å²) in [5.41, 5.74) is 0. The van der Waals surface area contributed by atoms with E-state index in [9.17, 15) is 43.2 Å². The Kier molecular flexibility index (Phi) is 69.3. The van der Waals surface area contributed by atoms with Gasteiger partial charge in [-0.2, -0.15) is 0 Å². The van der Waals surface area contributed by atoms with Gasteiger partial charge in [-0.05, 0) is 37.5 Å². The number of aliphatic hydroxyl groups is 1. The van der Waals surface area contributed by atoms with Crippen molar-refractivity contribution >= 4 is 39.5 Å². The lowest BCUT2D eigenvalue weighted by atomic mass is 10.0. The lowest BCUT2D eigenvalue weighted by Gasteiger charge is -2.21. The maximum atomic E-state index is 13.1. The minimum Gasteiger partial charge on any atom is -0.462 e.